The first-order valence-electron chi connectivity index (χ1n) is 12.6. The molecule has 5 aromatic rings. The number of benzene rings is 3. The summed E-state index contributed by atoms with van der Waals surface area (Å²) in [7, 11) is 1.58. The quantitative estimate of drug-likeness (QED) is 0.273. The SMILES string of the molecule is CC[C@H](c1nnnn1Cc1ccc(F)cc1)N(Cc1ccc(F)cc1)Cc1cc2ccc(OC)cc2[nH]c1=O. The molecule has 8 nitrogen and oxygen atoms in total. The molecule has 10 heteroatoms. The third-order valence-corrected chi connectivity index (χ3v) is 6.73. The van der Waals surface area contributed by atoms with E-state index in [0.29, 0.717) is 48.7 Å². The van der Waals surface area contributed by atoms with Crippen molar-refractivity contribution < 1.29 is 13.5 Å². The Morgan fingerprint density at radius 2 is 1.64 bits per heavy atom. The van der Waals surface area contributed by atoms with Gasteiger partial charge in [0.15, 0.2) is 5.82 Å². The third kappa shape index (κ3) is 6.01. The number of rotatable bonds is 10. The van der Waals surface area contributed by atoms with E-state index >= 15 is 0 Å². The first-order chi connectivity index (χ1) is 18.9. The highest BCUT2D eigenvalue weighted by Gasteiger charge is 2.26. The van der Waals surface area contributed by atoms with E-state index in [2.05, 4.69) is 25.4 Å². The van der Waals surface area contributed by atoms with Crippen LogP contribution in [0.25, 0.3) is 10.9 Å². The molecule has 0 aliphatic carbocycles. The highest BCUT2D eigenvalue weighted by Crippen LogP contribution is 2.27. The number of ether oxygens (including phenoxy) is 1. The van der Waals surface area contributed by atoms with E-state index in [9.17, 15) is 13.6 Å². The smallest absolute Gasteiger partial charge is 0.252 e. The van der Waals surface area contributed by atoms with Gasteiger partial charge in [-0.2, -0.15) is 0 Å². The van der Waals surface area contributed by atoms with E-state index in [0.717, 1.165) is 16.5 Å². The molecule has 0 aliphatic heterocycles. The van der Waals surface area contributed by atoms with Crippen LogP contribution in [-0.4, -0.2) is 37.2 Å². The van der Waals surface area contributed by atoms with Gasteiger partial charge in [-0.3, -0.25) is 9.69 Å². The van der Waals surface area contributed by atoms with E-state index in [4.69, 9.17) is 4.74 Å². The normalized spacial score (nSPS) is 12.2. The highest BCUT2D eigenvalue weighted by atomic mass is 19.1. The lowest BCUT2D eigenvalue weighted by molar-refractivity contribution is 0.161. The van der Waals surface area contributed by atoms with Crippen molar-refractivity contribution in [2.24, 2.45) is 0 Å². The number of methoxy groups -OCH3 is 1. The molecule has 0 bridgehead atoms. The topological polar surface area (TPSA) is 88.9 Å². The fraction of sp³-hybridized carbons (Fsp3) is 0.241. The molecule has 2 heterocycles. The second-order valence-corrected chi connectivity index (χ2v) is 9.35. The number of hydrogen-bond donors (Lipinski definition) is 1. The second-order valence-electron chi connectivity index (χ2n) is 9.35. The molecule has 1 N–H and O–H groups in total. The minimum absolute atomic E-state index is 0.208. The van der Waals surface area contributed by atoms with Crippen molar-refractivity contribution in [2.75, 3.05) is 7.11 Å². The maximum Gasteiger partial charge on any atom is 0.252 e. The standard InChI is InChI=1S/C29H28F2N6O2/c1-3-27(28-33-34-35-37(28)17-20-6-11-24(31)12-7-20)36(16-19-4-9-23(30)10-5-19)18-22-14-21-8-13-25(39-2)15-26(21)32-29(22)38/h4-15,27H,3,16-18H2,1-2H3,(H,32,38)/t27-/m1/s1. The Morgan fingerprint density at radius 1 is 0.949 bits per heavy atom. The summed E-state index contributed by atoms with van der Waals surface area (Å²) >= 11 is 0. The lowest BCUT2D eigenvalue weighted by Crippen LogP contribution is -2.32. The van der Waals surface area contributed by atoms with Crippen molar-refractivity contribution in [1.82, 2.24) is 30.1 Å². The molecule has 0 aliphatic rings. The summed E-state index contributed by atoms with van der Waals surface area (Å²) in [4.78, 5) is 18.2. The molecule has 1 atom stereocenters. The van der Waals surface area contributed by atoms with Crippen molar-refractivity contribution in [3.8, 4) is 5.75 Å². The summed E-state index contributed by atoms with van der Waals surface area (Å²) in [5.74, 6) is 0.641. The minimum Gasteiger partial charge on any atom is -0.497 e. The Bertz CT molecular complexity index is 1620. The molecule has 0 spiro atoms. The Kier molecular flexibility index (Phi) is 7.74. The predicted octanol–water partition coefficient (Wildman–Crippen LogP) is 5.00. The molecule has 3 aromatic carbocycles. The first-order valence-corrected chi connectivity index (χ1v) is 12.6. The molecule has 0 saturated carbocycles. The summed E-state index contributed by atoms with van der Waals surface area (Å²) < 4.78 is 34.0. The summed E-state index contributed by atoms with van der Waals surface area (Å²) in [5.41, 5.74) is 2.79. The molecule has 2 aromatic heterocycles. The van der Waals surface area contributed by atoms with Gasteiger partial charge in [-0.15, -0.1) is 5.10 Å². The third-order valence-electron chi connectivity index (χ3n) is 6.73. The van der Waals surface area contributed by atoms with Crippen LogP contribution < -0.4 is 10.3 Å². The van der Waals surface area contributed by atoms with Crippen LogP contribution in [0, 0.1) is 11.6 Å². The Labute approximate surface area is 223 Å². The van der Waals surface area contributed by atoms with Gasteiger partial charge in [0.25, 0.3) is 5.56 Å². The predicted molar refractivity (Wildman–Crippen MR) is 143 cm³/mol. The molecule has 39 heavy (non-hydrogen) atoms. The van der Waals surface area contributed by atoms with Gasteiger partial charge < -0.3 is 9.72 Å². The van der Waals surface area contributed by atoms with E-state index in [-0.39, 0.29) is 23.2 Å². The minimum atomic E-state index is -0.318. The molecule has 200 valence electrons. The van der Waals surface area contributed by atoms with Crippen LogP contribution in [0.2, 0.25) is 0 Å². The fourth-order valence-corrected chi connectivity index (χ4v) is 4.72. The number of H-pyrrole nitrogens is 1. The van der Waals surface area contributed by atoms with Gasteiger partial charge in [-0.05, 0) is 75.8 Å². The maximum atomic E-state index is 13.6. The highest BCUT2D eigenvalue weighted by molar-refractivity contribution is 5.80. The van der Waals surface area contributed by atoms with Crippen molar-refractivity contribution in [1.29, 1.82) is 0 Å². The van der Waals surface area contributed by atoms with Crippen molar-refractivity contribution in [3.05, 3.63) is 117 Å². The zero-order chi connectivity index (χ0) is 27.4. The Morgan fingerprint density at radius 3 is 2.31 bits per heavy atom. The summed E-state index contributed by atoms with van der Waals surface area (Å²) in [6.45, 7) is 3.12. The van der Waals surface area contributed by atoms with Crippen LogP contribution in [0.3, 0.4) is 0 Å². The average Bonchev–Trinajstić information content (AvgIpc) is 3.39. The van der Waals surface area contributed by atoms with Crippen LogP contribution in [0.4, 0.5) is 8.78 Å². The second kappa shape index (κ2) is 11.5. The summed E-state index contributed by atoms with van der Waals surface area (Å²) in [6, 6.07) is 19.6. The van der Waals surface area contributed by atoms with E-state index in [1.54, 1.807) is 42.1 Å². The van der Waals surface area contributed by atoms with Crippen molar-refractivity contribution in [2.45, 2.75) is 39.0 Å². The maximum absolute atomic E-state index is 13.6. The summed E-state index contributed by atoms with van der Waals surface area (Å²) in [5, 5.41) is 13.3. The van der Waals surface area contributed by atoms with E-state index < -0.39 is 0 Å². The lowest BCUT2D eigenvalue weighted by Gasteiger charge is -2.30. The Hall–Kier alpha value is -4.44. The van der Waals surface area contributed by atoms with Crippen LogP contribution in [0.15, 0.2) is 77.6 Å². The largest absolute Gasteiger partial charge is 0.497 e. The number of nitrogens with zero attached hydrogens (tertiary/aromatic N) is 5. The van der Waals surface area contributed by atoms with Crippen LogP contribution in [0.5, 0.6) is 5.75 Å². The summed E-state index contributed by atoms with van der Waals surface area (Å²) in [6.07, 6.45) is 0.646. The van der Waals surface area contributed by atoms with Crippen molar-refractivity contribution >= 4 is 10.9 Å². The number of nitrogens with one attached hydrogen (secondary N) is 1. The molecular weight excluding hydrogens is 502 g/mol. The Balaban J connectivity index is 1.51. The monoisotopic (exact) mass is 530 g/mol. The first kappa shape index (κ1) is 26.2. The molecule has 0 radical (unpaired) electrons. The number of pyridine rings is 1. The van der Waals surface area contributed by atoms with Crippen LogP contribution >= 0.6 is 0 Å². The van der Waals surface area contributed by atoms with E-state index in [1.807, 2.05) is 25.1 Å². The number of aromatic nitrogens is 5. The van der Waals surface area contributed by atoms with Gasteiger partial charge in [-0.25, -0.2) is 13.5 Å². The molecule has 0 saturated heterocycles. The zero-order valence-corrected chi connectivity index (χ0v) is 21.6. The van der Waals surface area contributed by atoms with Gasteiger partial charge in [0, 0.05) is 24.7 Å². The van der Waals surface area contributed by atoms with Gasteiger partial charge in [0.1, 0.15) is 17.4 Å². The fourth-order valence-electron chi connectivity index (χ4n) is 4.72. The van der Waals surface area contributed by atoms with Crippen molar-refractivity contribution in [3.63, 3.8) is 0 Å². The van der Waals surface area contributed by atoms with Gasteiger partial charge in [0.05, 0.1) is 25.2 Å². The van der Waals surface area contributed by atoms with Crippen LogP contribution in [-0.2, 0) is 19.6 Å². The average molecular weight is 531 g/mol. The molecule has 0 unspecified atom stereocenters. The molecule has 0 amide bonds. The number of halogens is 2. The van der Waals surface area contributed by atoms with Gasteiger partial charge >= 0.3 is 0 Å². The molecule has 5 rings (SSSR count). The zero-order valence-electron chi connectivity index (χ0n) is 21.6. The number of tetrazole rings is 1. The number of hydrogen-bond acceptors (Lipinski definition) is 6. The van der Waals surface area contributed by atoms with Crippen LogP contribution in [0.1, 0.15) is 41.9 Å². The lowest BCUT2D eigenvalue weighted by atomic mass is 10.1. The molecular formula is C29H28F2N6O2. The van der Waals surface area contributed by atoms with Gasteiger partial charge in [0.2, 0.25) is 0 Å². The molecule has 0 fully saturated rings. The number of fused-ring (bicyclic) bond motifs is 1. The van der Waals surface area contributed by atoms with Gasteiger partial charge in [-0.1, -0.05) is 31.2 Å². The number of aromatic amines is 1. The van der Waals surface area contributed by atoms with E-state index in [1.165, 1.54) is 24.3 Å².